The van der Waals surface area contributed by atoms with Crippen molar-refractivity contribution in [2.45, 2.75) is 12.8 Å². The minimum Gasteiger partial charge on any atom is -0.495 e. The summed E-state index contributed by atoms with van der Waals surface area (Å²) in [6.07, 6.45) is 1.33. The van der Waals surface area contributed by atoms with E-state index < -0.39 is 0 Å². The monoisotopic (exact) mass is 349 g/mol. The van der Waals surface area contributed by atoms with Crippen molar-refractivity contribution < 1.29 is 9.53 Å². The summed E-state index contributed by atoms with van der Waals surface area (Å²) >= 11 is 0. The molecule has 0 bridgehead atoms. The third-order valence-electron chi connectivity index (χ3n) is 3.65. The first-order chi connectivity index (χ1) is 9.76. The first kappa shape index (κ1) is 20.8. The van der Waals surface area contributed by atoms with Gasteiger partial charge in [-0.2, -0.15) is 0 Å². The summed E-state index contributed by atoms with van der Waals surface area (Å²) in [7, 11) is 1.69. The number of hydrogen-bond acceptors (Lipinski definition) is 4. The Kier molecular flexibility index (Phi) is 9.98. The molecule has 126 valence electrons. The number of para-hydroxylation sites is 2. The molecule has 1 aliphatic rings. The number of methoxy groups -OCH3 is 1. The van der Waals surface area contributed by atoms with Gasteiger partial charge in [0.25, 0.3) is 0 Å². The number of piperazine rings is 1. The van der Waals surface area contributed by atoms with Gasteiger partial charge < -0.3 is 20.3 Å². The molecule has 0 saturated carbocycles. The first-order valence-electron chi connectivity index (χ1n) is 7.12. The molecule has 1 saturated heterocycles. The Morgan fingerprint density at radius 1 is 1.18 bits per heavy atom. The van der Waals surface area contributed by atoms with Gasteiger partial charge in [-0.1, -0.05) is 12.1 Å². The van der Waals surface area contributed by atoms with Crippen LogP contribution in [0.1, 0.15) is 12.8 Å². The van der Waals surface area contributed by atoms with E-state index in [1.165, 1.54) is 0 Å². The Morgan fingerprint density at radius 3 is 2.41 bits per heavy atom. The standard InChI is InChI=1S/C15H23N3O2.2ClH/c1-20-14-6-3-2-5-13(14)17-9-11-18(12-10-17)15(19)7-4-8-16;;/h2-3,5-6H,4,7-12,16H2,1H3;2*1H. The van der Waals surface area contributed by atoms with E-state index in [2.05, 4.69) is 11.0 Å². The highest BCUT2D eigenvalue weighted by molar-refractivity contribution is 5.85. The molecule has 1 heterocycles. The molecule has 0 aliphatic carbocycles. The summed E-state index contributed by atoms with van der Waals surface area (Å²) in [5.74, 6) is 1.10. The van der Waals surface area contributed by atoms with Gasteiger partial charge in [-0.15, -0.1) is 24.8 Å². The van der Waals surface area contributed by atoms with Gasteiger partial charge >= 0.3 is 0 Å². The van der Waals surface area contributed by atoms with Crippen molar-refractivity contribution in [2.75, 3.05) is 44.7 Å². The Hall–Kier alpha value is -1.17. The van der Waals surface area contributed by atoms with Crippen LogP contribution in [-0.4, -0.2) is 50.6 Å². The second-order valence-corrected chi connectivity index (χ2v) is 4.93. The van der Waals surface area contributed by atoms with Gasteiger partial charge in [0.2, 0.25) is 5.91 Å². The van der Waals surface area contributed by atoms with E-state index in [9.17, 15) is 4.79 Å². The summed E-state index contributed by atoms with van der Waals surface area (Å²) in [5, 5.41) is 0. The zero-order chi connectivity index (χ0) is 14.4. The van der Waals surface area contributed by atoms with Crippen LogP contribution < -0.4 is 15.4 Å². The molecule has 22 heavy (non-hydrogen) atoms. The van der Waals surface area contributed by atoms with E-state index in [1.807, 2.05) is 23.1 Å². The Balaban J connectivity index is 0.00000220. The molecule has 0 unspecified atom stereocenters. The molecule has 7 heteroatoms. The molecular formula is C15H25Cl2N3O2. The maximum atomic E-state index is 12.0. The van der Waals surface area contributed by atoms with Crippen LogP contribution in [0.25, 0.3) is 0 Å². The predicted octanol–water partition coefficient (Wildman–Crippen LogP) is 1.93. The lowest BCUT2D eigenvalue weighted by molar-refractivity contribution is -0.131. The van der Waals surface area contributed by atoms with Crippen molar-refractivity contribution in [3.05, 3.63) is 24.3 Å². The lowest BCUT2D eigenvalue weighted by Gasteiger charge is -2.36. The number of carbonyl (C=O) groups excluding carboxylic acids is 1. The predicted molar refractivity (Wildman–Crippen MR) is 94.6 cm³/mol. The van der Waals surface area contributed by atoms with Crippen LogP contribution in [0.3, 0.4) is 0 Å². The Bertz CT molecular complexity index is 452. The average Bonchev–Trinajstić information content (AvgIpc) is 2.52. The number of rotatable bonds is 5. The number of nitrogens with two attached hydrogens (primary N) is 1. The van der Waals surface area contributed by atoms with Crippen molar-refractivity contribution in [1.29, 1.82) is 0 Å². The van der Waals surface area contributed by atoms with Crippen LogP contribution in [0.4, 0.5) is 5.69 Å². The molecular weight excluding hydrogens is 325 g/mol. The SMILES string of the molecule is COc1ccccc1N1CCN(C(=O)CCCN)CC1.Cl.Cl. The third-order valence-corrected chi connectivity index (χ3v) is 3.65. The smallest absolute Gasteiger partial charge is 0.222 e. The zero-order valence-corrected chi connectivity index (χ0v) is 14.5. The highest BCUT2D eigenvalue weighted by Crippen LogP contribution is 2.28. The number of ether oxygens (including phenoxy) is 1. The van der Waals surface area contributed by atoms with Crippen molar-refractivity contribution in [1.82, 2.24) is 4.90 Å². The van der Waals surface area contributed by atoms with E-state index in [1.54, 1.807) is 7.11 Å². The van der Waals surface area contributed by atoms with Crippen LogP contribution in [0, 0.1) is 0 Å². The normalized spacial score (nSPS) is 13.9. The fourth-order valence-electron chi connectivity index (χ4n) is 2.50. The topological polar surface area (TPSA) is 58.8 Å². The van der Waals surface area contributed by atoms with Crippen molar-refractivity contribution >= 4 is 36.4 Å². The van der Waals surface area contributed by atoms with E-state index in [0.717, 1.165) is 44.0 Å². The van der Waals surface area contributed by atoms with Crippen LogP contribution in [-0.2, 0) is 4.79 Å². The van der Waals surface area contributed by atoms with Crippen LogP contribution >= 0.6 is 24.8 Å². The second kappa shape index (κ2) is 10.5. The lowest BCUT2D eigenvalue weighted by Crippen LogP contribution is -2.48. The number of anilines is 1. The summed E-state index contributed by atoms with van der Waals surface area (Å²) < 4.78 is 5.39. The fraction of sp³-hybridized carbons (Fsp3) is 0.533. The van der Waals surface area contributed by atoms with E-state index in [0.29, 0.717) is 13.0 Å². The molecule has 1 fully saturated rings. The van der Waals surface area contributed by atoms with Gasteiger partial charge in [0, 0.05) is 32.6 Å². The molecule has 1 amide bonds. The van der Waals surface area contributed by atoms with Crippen LogP contribution in [0.15, 0.2) is 24.3 Å². The molecule has 0 aromatic heterocycles. The second-order valence-electron chi connectivity index (χ2n) is 4.93. The molecule has 2 rings (SSSR count). The number of amides is 1. The number of hydrogen-bond donors (Lipinski definition) is 1. The van der Waals surface area contributed by atoms with Crippen molar-refractivity contribution in [3.63, 3.8) is 0 Å². The van der Waals surface area contributed by atoms with Gasteiger partial charge in [0.15, 0.2) is 0 Å². The van der Waals surface area contributed by atoms with Gasteiger partial charge in [-0.3, -0.25) is 4.79 Å². The van der Waals surface area contributed by atoms with Gasteiger partial charge in [-0.05, 0) is 25.1 Å². The maximum Gasteiger partial charge on any atom is 0.222 e. The van der Waals surface area contributed by atoms with E-state index >= 15 is 0 Å². The van der Waals surface area contributed by atoms with Crippen LogP contribution in [0.5, 0.6) is 5.75 Å². The Morgan fingerprint density at radius 2 is 1.82 bits per heavy atom. The van der Waals surface area contributed by atoms with Gasteiger partial charge in [0.05, 0.1) is 12.8 Å². The molecule has 1 aromatic carbocycles. The van der Waals surface area contributed by atoms with E-state index in [4.69, 9.17) is 10.5 Å². The van der Waals surface area contributed by atoms with Crippen molar-refractivity contribution in [3.8, 4) is 5.75 Å². The number of halogens is 2. The fourth-order valence-corrected chi connectivity index (χ4v) is 2.50. The maximum absolute atomic E-state index is 12.0. The molecule has 0 spiro atoms. The highest BCUT2D eigenvalue weighted by atomic mass is 35.5. The largest absolute Gasteiger partial charge is 0.495 e. The summed E-state index contributed by atoms with van der Waals surface area (Å²) in [6.45, 7) is 3.79. The van der Waals surface area contributed by atoms with Gasteiger partial charge in [-0.25, -0.2) is 0 Å². The summed E-state index contributed by atoms with van der Waals surface area (Å²) in [4.78, 5) is 16.2. The van der Waals surface area contributed by atoms with Gasteiger partial charge in [0.1, 0.15) is 5.75 Å². The molecule has 1 aliphatic heterocycles. The summed E-state index contributed by atoms with van der Waals surface area (Å²) in [6, 6.07) is 8.00. The van der Waals surface area contributed by atoms with Crippen LogP contribution in [0.2, 0.25) is 0 Å². The molecule has 1 aromatic rings. The van der Waals surface area contributed by atoms with Crippen molar-refractivity contribution in [2.24, 2.45) is 5.73 Å². The minimum absolute atomic E-state index is 0. The average molecular weight is 350 g/mol. The minimum atomic E-state index is 0. The molecule has 2 N–H and O–H groups in total. The number of nitrogens with zero attached hydrogens (tertiary/aromatic N) is 2. The molecule has 0 atom stereocenters. The number of carbonyl (C=O) groups is 1. The molecule has 0 radical (unpaired) electrons. The summed E-state index contributed by atoms with van der Waals surface area (Å²) in [5.41, 5.74) is 6.54. The molecule has 5 nitrogen and oxygen atoms in total. The van der Waals surface area contributed by atoms with E-state index in [-0.39, 0.29) is 30.7 Å². The first-order valence-corrected chi connectivity index (χ1v) is 7.12. The third kappa shape index (κ3) is 5.23. The number of benzene rings is 1. The zero-order valence-electron chi connectivity index (χ0n) is 12.9. The lowest BCUT2D eigenvalue weighted by atomic mass is 10.2. The highest BCUT2D eigenvalue weighted by Gasteiger charge is 2.22. The Labute approximate surface area is 144 Å². The quantitative estimate of drug-likeness (QED) is 0.882.